The Morgan fingerprint density at radius 2 is 2.00 bits per heavy atom. The van der Waals surface area contributed by atoms with Crippen molar-refractivity contribution in [1.29, 1.82) is 5.26 Å². The molecular formula is C11H5BrF3N. The van der Waals surface area contributed by atoms with E-state index >= 15 is 0 Å². The van der Waals surface area contributed by atoms with Gasteiger partial charge in [-0.05, 0) is 18.2 Å². The number of halogens is 4. The zero-order valence-electron chi connectivity index (χ0n) is 7.90. The maximum Gasteiger partial charge on any atom is 0.417 e. The van der Waals surface area contributed by atoms with Gasteiger partial charge in [0.1, 0.15) is 0 Å². The van der Waals surface area contributed by atoms with Crippen LogP contribution in [0, 0.1) is 23.2 Å². The van der Waals surface area contributed by atoms with Crippen LogP contribution < -0.4 is 0 Å². The molecule has 0 radical (unpaired) electrons. The minimum Gasteiger partial charge on any atom is -0.192 e. The summed E-state index contributed by atoms with van der Waals surface area (Å²) in [5.41, 5.74) is -1.10. The summed E-state index contributed by atoms with van der Waals surface area (Å²) in [5, 5.41) is 8.94. The first-order valence-corrected chi connectivity index (χ1v) is 5.27. The summed E-state index contributed by atoms with van der Waals surface area (Å²) in [5.74, 6) is 5.15. The van der Waals surface area contributed by atoms with E-state index in [2.05, 4.69) is 27.8 Å². The van der Waals surface area contributed by atoms with Crippen molar-refractivity contribution in [1.82, 2.24) is 0 Å². The Kier molecular flexibility index (Phi) is 3.98. The molecule has 0 aliphatic heterocycles. The predicted octanol–water partition coefficient (Wildman–Crippen LogP) is 3.32. The minimum absolute atomic E-state index is 0.241. The molecule has 0 atom stereocenters. The summed E-state index contributed by atoms with van der Waals surface area (Å²) in [6, 6.07) is 4.91. The second-order valence-corrected chi connectivity index (χ2v) is 3.37. The largest absolute Gasteiger partial charge is 0.417 e. The second-order valence-electron chi connectivity index (χ2n) is 2.81. The molecule has 0 bridgehead atoms. The van der Waals surface area contributed by atoms with Crippen LogP contribution in [0.5, 0.6) is 0 Å². The molecule has 0 amide bonds. The standard InChI is InChI=1S/C11H5BrF3N/c12-5-1-2-8-3-4-9(7-16)10(6-8)11(13,14)15/h3-4,6H,5H2. The molecule has 0 aliphatic rings. The van der Waals surface area contributed by atoms with Crippen LogP contribution in [0.3, 0.4) is 0 Å². The van der Waals surface area contributed by atoms with E-state index in [-0.39, 0.29) is 5.56 Å². The first-order chi connectivity index (χ1) is 7.49. The molecule has 1 aromatic rings. The summed E-state index contributed by atoms with van der Waals surface area (Å²) >= 11 is 3.04. The van der Waals surface area contributed by atoms with Crippen molar-refractivity contribution in [2.75, 3.05) is 5.33 Å². The second kappa shape index (κ2) is 5.05. The molecule has 0 heterocycles. The Morgan fingerprint density at radius 3 is 2.50 bits per heavy atom. The topological polar surface area (TPSA) is 23.8 Å². The van der Waals surface area contributed by atoms with Crippen LogP contribution in [0.2, 0.25) is 0 Å². The van der Waals surface area contributed by atoms with Crippen molar-refractivity contribution >= 4 is 15.9 Å². The van der Waals surface area contributed by atoms with Gasteiger partial charge in [0.2, 0.25) is 0 Å². The SMILES string of the molecule is N#Cc1ccc(C#CCBr)cc1C(F)(F)F. The Labute approximate surface area is 99.0 Å². The molecule has 0 saturated carbocycles. The van der Waals surface area contributed by atoms with Crippen LogP contribution in [-0.2, 0) is 6.18 Å². The van der Waals surface area contributed by atoms with Gasteiger partial charge in [-0.1, -0.05) is 27.8 Å². The molecule has 0 N–H and O–H groups in total. The Hall–Kier alpha value is -1.46. The quantitative estimate of drug-likeness (QED) is 0.530. The third-order valence-electron chi connectivity index (χ3n) is 1.74. The maximum absolute atomic E-state index is 12.5. The number of benzene rings is 1. The van der Waals surface area contributed by atoms with Gasteiger partial charge < -0.3 is 0 Å². The van der Waals surface area contributed by atoms with Crippen molar-refractivity contribution in [3.8, 4) is 17.9 Å². The van der Waals surface area contributed by atoms with Gasteiger partial charge in [-0.2, -0.15) is 18.4 Å². The highest BCUT2D eigenvalue weighted by molar-refractivity contribution is 9.09. The molecule has 0 unspecified atom stereocenters. The van der Waals surface area contributed by atoms with Gasteiger partial charge in [0.25, 0.3) is 0 Å². The third kappa shape index (κ3) is 3.01. The summed E-state index contributed by atoms with van der Waals surface area (Å²) in [4.78, 5) is 0. The van der Waals surface area contributed by atoms with Crippen molar-refractivity contribution in [2.45, 2.75) is 6.18 Å². The van der Waals surface area contributed by atoms with E-state index in [9.17, 15) is 13.2 Å². The van der Waals surface area contributed by atoms with E-state index < -0.39 is 17.3 Å². The molecule has 0 spiro atoms. The van der Waals surface area contributed by atoms with E-state index in [0.717, 1.165) is 12.1 Å². The minimum atomic E-state index is -4.53. The van der Waals surface area contributed by atoms with Gasteiger partial charge >= 0.3 is 6.18 Å². The summed E-state index contributed by atoms with van der Waals surface area (Å²) in [7, 11) is 0. The van der Waals surface area contributed by atoms with Crippen LogP contribution in [0.4, 0.5) is 13.2 Å². The van der Waals surface area contributed by atoms with Crippen LogP contribution in [-0.4, -0.2) is 5.33 Å². The lowest BCUT2D eigenvalue weighted by atomic mass is 10.0. The van der Waals surface area contributed by atoms with Crippen LogP contribution in [0.1, 0.15) is 16.7 Å². The smallest absolute Gasteiger partial charge is 0.192 e. The number of hydrogen-bond acceptors (Lipinski definition) is 1. The van der Waals surface area contributed by atoms with Gasteiger partial charge in [0.15, 0.2) is 0 Å². The molecular weight excluding hydrogens is 283 g/mol. The number of hydrogen-bond donors (Lipinski definition) is 0. The monoisotopic (exact) mass is 287 g/mol. The summed E-state index contributed by atoms with van der Waals surface area (Å²) in [6.45, 7) is 0. The Balaban J connectivity index is 3.29. The van der Waals surface area contributed by atoms with Crippen molar-refractivity contribution < 1.29 is 13.2 Å². The van der Waals surface area contributed by atoms with Crippen molar-refractivity contribution in [3.63, 3.8) is 0 Å². The van der Waals surface area contributed by atoms with E-state index in [1.54, 1.807) is 0 Å². The fraction of sp³-hybridized carbons (Fsp3) is 0.182. The lowest BCUT2D eigenvalue weighted by Gasteiger charge is -2.08. The molecule has 0 fully saturated rings. The van der Waals surface area contributed by atoms with Gasteiger partial charge in [-0.3, -0.25) is 0 Å². The number of nitrogens with zero attached hydrogens (tertiary/aromatic N) is 1. The van der Waals surface area contributed by atoms with E-state index in [4.69, 9.17) is 5.26 Å². The van der Waals surface area contributed by atoms with Crippen molar-refractivity contribution in [2.24, 2.45) is 0 Å². The molecule has 1 nitrogen and oxygen atoms in total. The molecule has 0 aromatic heterocycles. The summed E-state index contributed by atoms with van der Waals surface area (Å²) in [6.07, 6.45) is -4.53. The highest BCUT2D eigenvalue weighted by atomic mass is 79.9. The lowest BCUT2D eigenvalue weighted by Crippen LogP contribution is -2.08. The van der Waals surface area contributed by atoms with E-state index in [1.165, 1.54) is 12.1 Å². The number of alkyl halides is 4. The number of nitriles is 1. The molecule has 82 valence electrons. The Bertz CT molecular complexity index is 489. The third-order valence-corrected chi connectivity index (χ3v) is 2.03. The van der Waals surface area contributed by atoms with Crippen LogP contribution in [0.25, 0.3) is 0 Å². The molecule has 5 heteroatoms. The maximum atomic E-state index is 12.5. The van der Waals surface area contributed by atoms with Crippen LogP contribution >= 0.6 is 15.9 Å². The fourth-order valence-electron chi connectivity index (χ4n) is 1.09. The van der Waals surface area contributed by atoms with E-state index in [1.807, 2.05) is 0 Å². The first-order valence-electron chi connectivity index (χ1n) is 4.15. The zero-order chi connectivity index (χ0) is 12.2. The van der Waals surface area contributed by atoms with Gasteiger partial charge in [-0.25, -0.2) is 0 Å². The molecule has 1 aromatic carbocycles. The average Bonchev–Trinajstić information content (AvgIpc) is 2.24. The van der Waals surface area contributed by atoms with Gasteiger partial charge in [0, 0.05) is 5.56 Å². The predicted molar refractivity (Wildman–Crippen MR) is 56.8 cm³/mol. The fourth-order valence-corrected chi connectivity index (χ4v) is 1.23. The number of rotatable bonds is 0. The Morgan fingerprint density at radius 1 is 1.31 bits per heavy atom. The molecule has 0 saturated heterocycles. The van der Waals surface area contributed by atoms with Crippen LogP contribution in [0.15, 0.2) is 18.2 Å². The molecule has 16 heavy (non-hydrogen) atoms. The summed E-state index contributed by atoms with van der Waals surface area (Å²) < 4.78 is 37.6. The normalized spacial score (nSPS) is 10.2. The molecule has 1 rings (SSSR count). The van der Waals surface area contributed by atoms with E-state index in [0.29, 0.717) is 5.33 Å². The zero-order valence-corrected chi connectivity index (χ0v) is 9.48. The highest BCUT2D eigenvalue weighted by Gasteiger charge is 2.33. The van der Waals surface area contributed by atoms with Gasteiger partial charge in [-0.15, -0.1) is 0 Å². The first kappa shape index (κ1) is 12.6. The van der Waals surface area contributed by atoms with Gasteiger partial charge in [0.05, 0.1) is 22.5 Å². The average molecular weight is 288 g/mol. The highest BCUT2D eigenvalue weighted by Crippen LogP contribution is 2.32. The van der Waals surface area contributed by atoms with Crippen molar-refractivity contribution in [3.05, 3.63) is 34.9 Å². The molecule has 0 aliphatic carbocycles. The lowest BCUT2D eigenvalue weighted by molar-refractivity contribution is -0.137.